The highest BCUT2D eigenvalue weighted by Crippen LogP contribution is 2.15. The Morgan fingerprint density at radius 3 is 2.48 bits per heavy atom. The van der Waals surface area contributed by atoms with Crippen LogP contribution in [0.3, 0.4) is 0 Å². The monoisotopic (exact) mass is 314 g/mol. The molecule has 2 aromatic carbocycles. The van der Waals surface area contributed by atoms with Crippen molar-refractivity contribution >= 4 is 6.03 Å². The molecule has 2 amide bonds. The Morgan fingerprint density at radius 1 is 0.957 bits per heavy atom. The lowest BCUT2D eigenvalue weighted by molar-refractivity contribution is 0.234. The lowest BCUT2D eigenvalue weighted by Crippen LogP contribution is -2.37. The average Bonchev–Trinajstić information content (AvgIpc) is 2.59. The molecule has 0 fully saturated rings. The molecule has 2 rings (SSSR count). The Balaban J connectivity index is 1.77. The van der Waals surface area contributed by atoms with Crippen LogP contribution < -0.4 is 15.4 Å². The molecule has 0 saturated heterocycles. The summed E-state index contributed by atoms with van der Waals surface area (Å²) in [6.07, 6.45) is 0.717. The van der Waals surface area contributed by atoms with Gasteiger partial charge in [-0.3, -0.25) is 0 Å². The third-order valence-electron chi connectivity index (χ3n) is 3.24. The molecular formula is C18H22N2O3. The summed E-state index contributed by atoms with van der Waals surface area (Å²) in [6.45, 7) is 1.26. The maximum absolute atomic E-state index is 11.4. The minimum atomic E-state index is -0.268. The summed E-state index contributed by atoms with van der Waals surface area (Å²) in [5.74, 6) is 0.816. The molecule has 122 valence electrons. The Hall–Kier alpha value is -2.53. The molecule has 0 spiro atoms. The summed E-state index contributed by atoms with van der Waals surface area (Å²) in [5.41, 5.74) is 2.22. The van der Waals surface area contributed by atoms with E-state index in [1.54, 1.807) is 0 Å². The molecule has 0 aliphatic heterocycles. The van der Waals surface area contributed by atoms with E-state index in [0.29, 0.717) is 13.2 Å². The van der Waals surface area contributed by atoms with Crippen molar-refractivity contribution < 1.29 is 14.6 Å². The Kier molecular flexibility index (Phi) is 6.94. The van der Waals surface area contributed by atoms with E-state index in [1.807, 2.05) is 54.6 Å². The van der Waals surface area contributed by atoms with E-state index >= 15 is 0 Å². The van der Waals surface area contributed by atoms with Gasteiger partial charge in [-0.05, 0) is 29.7 Å². The maximum Gasteiger partial charge on any atom is 0.314 e. The molecule has 0 heterocycles. The molecule has 2 aromatic rings. The number of hydrogen-bond donors (Lipinski definition) is 3. The summed E-state index contributed by atoms with van der Waals surface area (Å²) < 4.78 is 5.79. The van der Waals surface area contributed by atoms with Gasteiger partial charge in [0.2, 0.25) is 0 Å². The van der Waals surface area contributed by atoms with E-state index in [1.165, 1.54) is 0 Å². The van der Waals surface area contributed by atoms with Crippen molar-refractivity contribution in [1.29, 1.82) is 0 Å². The first-order valence-corrected chi connectivity index (χ1v) is 7.66. The zero-order chi connectivity index (χ0) is 16.3. The van der Waals surface area contributed by atoms with Crippen LogP contribution in [0.5, 0.6) is 5.75 Å². The smallest absolute Gasteiger partial charge is 0.314 e. The van der Waals surface area contributed by atoms with Gasteiger partial charge in [0.05, 0.1) is 6.61 Å². The predicted molar refractivity (Wildman–Crippen MR) is 89.4 cm³/mol. The molecule has 0 radical (unpaired) electrons. The van der Waals surface area contributed by atoms with E-state index in [4.69, 9.17) is 9.84 Å². The molecule has 0 aliphatic carbocycles. The van der Waals surface area contributed by atoms with Crippen LogP contribution in [-0.2, 0) is 13.0 Å². The number of nitrogens with one attached hydrogen (secondary N) is 2. The van der Waals surface area contributed by atoms with Crippen LogP contribution in [0.15, 0.2) is 54.6 Å². The fourth-order valence-corrected chi connectivity index (χ4v) is 2.08. The van der Waals surface area contributed by atoms with Gasteiger partial charge in [-0.15, -0.1) is 0 Å². The summed E-state index contributed by atoms with van der Waals surface area (Å²) in [5, 5.41) is 13.9. The van der Waals surface area contributed by atoms with Crippen LogP contribution in [0.1, 0.15) is 11.1 Å². The number of rotatable bonds is 8. The highest BCUT2D eigenvalue weighted by Gasteiger charge is 2.01. The van der Waals surface area contributed by atoms with Crippen molar-refractivity contribution in [2.45, 2.75) is 13.0 Å². The standard InChI is InChI=1S/C18H22N2O3/c21-12-11-20-18(22)19-10-9-15-7-4-8-17(13-15)23-14-16-5-2-1-3-6-16/h1-8,13,21H,9-12,14H2,(H2,19,20,22). The SMILES string of the molecule is O=C(NCCO)NCCc1cccc(OCc2ccccc2)c1. The average molecular weight is 314 g/mol. The summed E-state index contributed by atoms with van der Waals surface area (Å²) in [4.78, 5) is 11.4. The second kappa shape index (κ2) is 9.48. The van der Waals surface area contributed by atoms with Gasteiger partial charge in [0.15, 0.2) is 0 Å². The number of carbonyl (C=O) groups is 1. The number of benzene rings is 2. The second-order valence-corrected chi connectivity index (χ2v) is 5.08. The summed E-state index contributed by atoms with van der Waals surface area (Å²) in [7, 11) is 0. The number of aliphatic hydroxyl groups is 1. The van der Waals surface area contributed by atoms with Crippen LogP contribution in [0, 0.1) is 0 Å². The predicted octanol–water partition coefficient (Wildman–Crippen LogP) is 2.10. The molecular weight excluding hydrogens is 292 g/mol. The fourth-order valence-electron chi connectivity index (χ4n) is 2.08. The zero-order valence-corrected chi connectivity index (χ0v) is 13.0. The first-order valence-electron chi connectivity index (χ1n) is 7.66. The normalized spacial score (nSPS) is 10.1. The Morgan fingerprint density at radius 2 is 1.70 bits per heavy atom. The first kappa shape index (κ1) is 16.8. The van der Waals surface area contributed by atoms with Crippen LogP contribution in [0.2, 0.25) is 0 Å². The van der Waals surface area contributed by atoms with Gasteiger partial charge in [0.25, 0.3) is 0 Å². The number of aliphatic hydroxyl groups excluding tert-OH is 1. The molecule has 0 atom stereocenters. The highest BCUT2D eigenvalue weighted by atomic mass is 16.5. The Bertz CT molecular complexity index is 602. The van der Waals surface area contributed by atoms with Gasteiger partial charge in [-0.25, -0.2) is 4.79 Å². The fraction of sp³-hybridized carbons (Fsp3) is 0.278. The molecule has 0 aliphatic rings. The zero-order valence-electron chi connectivity index (χ0n) is 13.0. The van der Waals surface area contributed by atoms with Crippen molar-refractivity contribution in [3.63, 3.8) is 0 Å². The molecule has 0 bridgehead atoms. The largest absolute Gasteiger partial charge is 0.489 e. The van der Waals surface area contributed by atoms with Crippen molar-refractivity contribution in [2.75, 3.05) is 19.7 Å². The lowest BCUT2D eigenvalue weighted by Gasteiger charge is -2.09. The van der Waals surface area contributed by atoms with E-state index in [-0.39, 0.29) is 19.2 Å². The third kappa shape index (κ3) is 6.40. The molecule has 0 aromatic heterocycles. The molecule has 0 unspecified atom stereocenters. The van der Waals surface area contributed by atoms with Gasteiger partial charge in [0, 0.05) is 13.1 Å². The lowest BCUT2D eigenvalue weighted by atomic mass is 10.1. The number of amides is 2. The van der Waals surface area contributed by atoms with Crippen LogP contribution >= 0.6 is 0 Å². The van der Waals surface area contributed by atoms with E-state index < -0.39 is 0 Å². The topological polar surface area (TPSA) is 70.6 Å². The molecule has 23 heavy (non-hydrogen) atoms. The minimum Gasteiger partial charge on any atom is -0.489 e. The van der Waals surface area contributed by atoms with Gasteiger partial charge < -0.3 is 20.5 Å². The van der Waals surface area contributed by atoms with Crippen molar-refractivity contribution in [2.24, 2.45) is 0 Å². The van der Waals surface area contributed by atoms with E-state index in [9.17, 15) is 4.79 Å². The van der Waals surface area contributed by atoms with Crippen molar-refractivity contribution in [3.05, 3.63) is 65.7 Å². The quantitative estimate of drug-likeness (QED) is 0.699. The molecule has 5 nitrogen and oxygen atoms in total. The number of urea groups is 1. The number of carbonyl (C=O) groups excluding carboxylic acids is 1. The third-order valence-corrected chi connectivity index (χ3v) is 3.24. The van der Waals surface area contributed by atoms with Gasteiger partial charge in [0.1, 0.15) is 12.4 Å². The molecule has 0 saturated carbocycles. The van der Waals surface area contributed by atoms with E-state index in [0.717, 1.165) is 23.3 Å². The minimum absolute atomic E-state index is 0.0613. The second-order valence-electron chi connectivity index (χ2n) is 5.08. The van der Waals surface area contributed by atoms with Crippen molar-refractivity contribution in [1.82, 2.24) is 10.6 Å². The number of ether oxygens (including phenoxy) is 1. The van der Waals surface area contributed by atoms with Gasteiger partial charge in [-0.2, -0.15) is 0 Å². The van der Waals surface area contributed by atoms with Gasteiger partial charge >= 0.3 is 6.03 Å². The van der Waals surface area contributed by atoms with Crippen LogP contribution in [0.4, 0.5) is 4.79 Å². The van der Waals surface area contributed by atoms with Crippen molar-refractivity contribution in [3.8, 4) is 5.75 Å². The van der Waals surface area contributed by atoms with Crippen LogP contribution in [0.25, 0.3) is 0 Å². The van der Waals surface area contributed by atoms with Gasteiger partial charge in [-0.1, -0.05) is 42.5 Å². The highest BCUT2D eigenvalue weighted by molar-refractivity contribution is 5.73. The summed E-state index contributed by atoms with van der Waals surface area (Å²) >= 11 is 0. The maximum atomic E-state index is 11.4. The van der Waals surface area contributed by atoms with E-state index in [2.05, 4.69) is 10.6 Å². The van der Waals surface area contributed by atoms with Crippen LogP contribution in [-0.4, -0.2) is 30.8 Å². The molecule has 5 heteroatoms. The number of hydrogen-bond acceptors (Lipinski definition) is 3. The summed E-state index contributed by atoms with van der Waals surface area (Å²) in [6, 6.07) is 17.6. The molecule has 3 N–H and O–H groups in total. The first-order chi connectivity index (χ1) is 11.3. The Labute approximate surface area is 136 Å².